The quantitative estimate of drug-likeness (QED) is 0.525. The average Bonchev–Trinajstić information content (AvgIpc) is 3.03. The van der Waals surface area contributed by atoms with Crippen LogP contribution in [0, 0.1) is 6.92 Å². The summed E-state index contributed by atoms with van der Waals surface area (Å²) in [6.45, 7) is 1.96. The van der Waals surface area contributed by atoms with E-state index in [0.717, 1.165) is 35.4 Å². The van der Waals surface area contributed by atoms with E-state index in [4.69, 9.17) is 23.2 Å². The molecule has 1 saturated carbocycles. The van der Waals surface area contributed by atoms with Crippen molar-refractivity contribution in [2.45, 2.75) is 44.7 Å². The highest BCUT2D eigenvalue weighted by Gasteiger charge is 2.22. The molecule has 1 fully saturated rings. The Balaban J connectivity index is 1.47. The maximum absolute atomic E-state index is 6.08. The number of H-pyrrole nitrogens is 1. The van der Waals surface area contributed by atoms with Gasteiger partial charge in [-0.3, -0.25) is 5.32 Å². The fraction of sp³-hybridized carbons (Fsp3) is 0.450. The first-order chi connectivity index (χ1) is 13.9. The highest BCUT2D eigenvalue weighted by atomic mass is 35.5. The summed E-state index contributed by atoms with van der Waals surface area (Å²) >= 11 is 12.2. The first-order valence-corrected chi connectivity index (χ1v) is 10.5. The molecule has 3 aromatic rings. The number of benzene rings is 1. The Morgan fingerprint density at radius 2 is 1.72 bits per heavy atom. The van der Waals surface area contributed by atoms with Crippen molar-refractivity contribution in [3.8, 4) is 0 Å². The number of nitrogens with zero attached hydrogens (tertiary/aromatic N) is 4. The van der Waals surface area contributed by atoms with Crippen molar-refractivity contribution in [1.82, 2.24) is 24.8 Å². The van der Waals surface area contributed by atoms with Crippen LogP contribution in [0.2, 0.25) is 10.0 Å². The molecule has 0 atom stereocenters. The standard InChI is InChI=1S/C20H25Cl2N7/c1-11-8-18(24-12-4-6-13(7-5-12)29(2)3)27-19(23-11)28-20-25-16-9-14(21)15(22)10-17(16)26-20/h8-10,12-13H,4-7H2,1-3H3,(H3,23,24,25,26,27,28). The third-order valence-electron chi connectivity index (χ3n) is 5.39. The van der Waals surface area contributed by atoms with Crippen molar-refractivity contribution in [1.29, 1.82) is 0 Å². The molecule has 0 saturated heterocycles. The lowest BCUT2D eigenvalue weighted by Crippen LogP contribution is -2.36. The fourth-order valence-electron chi connectivity index (χ4n) is 3.81. The van der Waals surface area contributed by atoms with Crippen LogP contribution in [-0.4, -0.2) is 51.0 Å². The van der Waals surface area contributed by atoms with E-state index in [-0.39, 0.29) is 0 Å². The molecule has 1 aromatic carbocycles. The van der Waals surface area contributed by atoms with Crippen molar-refractivity contribution in [2.75, 3.05) is 24.7 Å². The number of aromatic nitrogens is 4. The smallest absolute Gasteiger partial charge is 0.231 e. The van der Waals surface area contributed by atoms with Gasteiger partial charge in [0.25, 0.3) is 0 Å². The predicted octanol–water partition coefficient (Wildman–Crippen LogP) is 5.00. The van der Waals surface area contributed by atoms with E-state index in [2.05, 4.69) is 49.6 Å². The Morgan fingerprint density at radius 1 is 1.00 bits per heavy atom. The molecular formula is C20H25Cl2N7. The summed E-state index contributed by atoms with van der Waals surface area (Å²) in [7, 11) is 4.31. The van der Waals surface area contributed by atoms with E-state index < -0.39 is 0 Å². The Bertz CT molecular complexity index is 970. The second kappa shape index (κ2) is 8.34. The number of anilines is 3. The summed E-state index contributed by atoms with van der Waals surface area (Å²) in [5.41, 5.74) is 2.41. The molecule has 0 amide bonds. The molecule has 0 bridgehead atoms. The number of imidazole rings is 1. The van der Waals surface area contributed by atoms with Crippen molar-refractivity contribution in [2.24, 2.45) is 0 Å². The van der Waals surface area contributed by atoms with Gasteiger partial charge in [0.2, 0.25) is 11.9 Å². The number of hydrogen-bond acceptors (Lipinski definition) is 6. The second-order valence-corrected chi connectivity index (χ2v) is 8.64. The highest BCUT2D eigenvalue weighted by molar-refractivity contribution is 6.42. The lowest BCUT2D eigenvalue weighted by Gasteiger charge is -2.33. The SMILES string of the molecule is Cc1cc(NC2CCC(N(C)C)CC2)nc(Nc2nc3cc(Cl)c(Cl)cc3[nH]2)n1. The van der Waals surface area contributed by atoms with Gasteiger partial charge in [-0.2, -0.15) is 4.98 Å². The molecule has 0 radical (unpaired) electrons. The topological polar surface area (TPSA) is 81.8 Å². The van der Waals surface area contributed by atoms with Gasteiger partial charge in [0.1, 0.15) is 5.82 Å². The maximum Gasteiger partial charge on any atom is 0.231 e. The first kappa shape index (κ1) is 20.2. The van der Waals surface area contributed by atoms with Crippen molar-refractivity contribution < 1.29 is 0 Å². The van der Waals surface area contributed by atoms with Crippen LogP contribution < -0.4 is 10.6 Å². The van der Waals surface area contributed by atoms with Gasteiger partial charge >= 0.3 is 0 Å². The first-order valence-electron chi connectivity index (χ1n) is 9.78. The van der Waals surface area contributed by atoms with E-state index in [1.54, 1.807) is 12.1 Å². The minimum absolute atomic E-state index is 0.434. The zero-order chi connectivity index (χ0) is 20.5. The zero-order valence-electron chi connectivity index (χ0n) is 16.8. The Labute approximate surface area is 180 Å². The second-order valence-electron chi connectivity index (χ2n) is 7.83. The molecule has 0 spiro atoms. The van der Waals surface area contributed by atoms with E-state index in [0.29, 0.717) is 34.0 Å². The van der Waals surface area contributed by atoms with Crippen molar-refractivity contribution >= 4 is 51.9 Å². The zero-order valence-corrected chi connectivity index (χ0v) is 18.3. The summed E-state index contributed by atoms with van der Waals surface area (Å²) in [6, 6.07) is 6.57. The Kier molecular flexibility index (Phi) is 5.81. The molecule has 1 aliphatic rings. The van der Waals surface area contributed by atoms with E-state index in [1.165, 1.54) is 12.8 Å². The van der Waals surface area contributed by atoms with E-state index in [1.807, 2.05) is 13.0 Å². The molecule has 2 aromatic heterocycles. The van der Waals surface area contributed by atoms with Gasteiger partial charge in [-0.05, 0) is 58.8 Å². The number of rotatable bonds is 5. The minimum Gasteiger partial charge on any atom is -0.367 e. The van der Waals surface area contributed by atoms with Crippen LogP contribution in [0.1, 0.15) is 31.4 Å². The Hall–Kier alpha value is -2.09. The highest BCUT2D eigenvalue weighted by Crippen LogP contribution is 2.28. The number of nitrogens with one attached hydrogen (secondary N) is 3. The molecule has 4 rings (SSSR count). The van der Waals surface area contributed by atoms with Crippen LogP contribution in [0.3, 0.4) is 0 Å². The van der Waals surface area contributed by atoms with E-state index >= 15 is 0 Å². The third kappa shape index (κ3) is 4.74. The lowest BCUT2D eigenvalue weighted by molar-refractivity contribution is 0.221. The van der Waals surface area contributed by atoms with Crippen LogP contribution in [0.4, 0.5) is 17.7 Å². The Morgan fingerprint density at radius 3 is 2.45 bits per heavy atom. The summed E-state index contributed by atoms with van der Waals surface area (Å²) in [4.78, 5) is 19.1. The number of aryl methyl sites for hydroxylation is 1. The summed E-state index contributed by atoms with van der Waals surface area (Å²) in [5, 5.41) is 7.68. The molecule has 29 heavy (non-hydrogen) atoms. The number of hydrogen-bond donors (Lipinski definition) is 3. The largest absolute Gasteiger partial charge is 0.367 e. The molecule has 0 unspecified atom stereocenters. The summed E-state index contributed by atoms with van der Waals surface area (Å²) < 4.78 is 0. The summed E-state index contributed by atoms with van der Waals surface area (Å²) in [5.74, 6) is 1.86. The molecular weight excluding hydrogens is 409 g/mol. The summed E-state index contributed by atoms with van der Waals surface area (Å²) in [6.07, 6.45) is 4.67. The molecule has 9 heteroatoms. The van der Waals surface area contributed by atoms with Gasteiger partial charge in [-0.25, -0.2) is 9.97 Å². The van der Waals surface area contributed by atoms with Crippen LogP contribution in [0.15, 0.2) is 18.2 Å². The minimum atomic E-state index is 0.434. The van der Waals surface area contributed by atoms with Crippen LogP contribution in [0.25, 0.3) is 11.0 Å². The average molecular weight is 434 g/mol. The van der Waals surface area contributed by atoms with Gasteiger partial charge in [-0.1, -0.05) is 23.2 Å². The molecule has 1 aliphatic carbocycles. The predicted molar refractivity (Wildman–Crippen MR) is 120 cm³/mol. The molecule has 7 nitrogen and oxygen atoms in total. The van der Waals surface area contributed by atoms with Crippen LogP contribution in [-0.2, 0) is 0 Å². The number of aromatic amines is 1. The van der Waals surface area contributed by atoms with Gasteiger partial charge in [0.15, 0.2) is 0 Å². The lowest BCUT2D eigenvalue weighted by atomic mass is 9.90. The van der Waals surface area contributed by atoms with Crippen molar-refractivity contribution in [3.05, 3.63) is 33.9 Å². The molecule has 3 N–H and O–H groups in total. The molecule has 0 aliphatic heterocycles. The monoisotopic (exact) mass is 433 g/mol. The molecule has 154 valence electrons. The van der Waals surface area contributed by atoms with Gasteiger partial charge in [-0.15, -0.1) is 0 Å². The number of halogens is 2. The van der Waals surface area contributed by atoms with E-state index in [9.17, 15) is 0 Å². The van der Waals surface area contributed by atoms with Gasteiger partial charge in [0, 0.05) is 23.8 Å². The van der Waals surface area contributed by atoms with Crippen LogP contribution >= 0.6 is 23.2 Å². The normalized spacial score (nSPS) is 19.7. The van der Waals surface area contributed by atoms with Gasteiger partial charge in [0.05, 0.1) is 21.1 Å². The fourth-order valence-corrected chi connectivity index (χ4v) is 4.14. The maximum atomic E-state index is 6.08. The number of fused-ring (bicyclic) bond motifs is 1. The molecule has 2 heterocycles. The third-order valence-corrected chi connectivity index (χ3v) is 6.11. The van der Waals surface area contributed by atoms with Crippen LogP contribution in [0.5, 0.6) is 0 Å². The van der Waals surface area contributed by atoms with Crippen molar-refractivity contribution in [3.63, 3.8) is 0 Å². The van der Waals surface area contributed by atoms with Gasteiger partial charge < -0.3 is 15.2 Å².